The van der Waals surface area contributed by atoms with Crippen LogP contribution in [0.3, 0.4) is 0 Å². The molecule has 0 saturated heterocycles. The van der Waals surface area contributed by atoms with Crippen molar-refractivity contribution in [2.45, 2.75) is 0 Å². The van der Waals surface area contributed by atoms with E-state index >= 15 is 0 Å². The van der Waals surface area contributed by atoms with Crippen LogP contribution in [0.15, 0.2) is 18.2 Å². The first kappa shape index (κ1) is 11.0. The third-order valence-corrected chi connectivity index (χ3v) is 2.81. The lowest BCUT2D eigenvalue weighted by atomic mass is 10.3. The van der Waals surface area contributed by atoms with Gasteiger partial charge in [-0.15, -0.1) is 0 Å². The molecule has 0 amide bonds. The molecule has 0 fully saturated rings. The molecule has 0 aliphatic carbocycles. The monoisotopic (exact) mass is 404 g/mol. The summed E-state index contributed by atoms with van der Waals surface area (Å²) < 4.78 is 7.01. The molecule has 70 valence electrons. The van der Waals surface area contributed by atoms with Crippen molar-refractivity contribution in [3.8, 4) is 5.75 Å². The molecule has 0 spiro atoms. The molecule has 1 N–H and O–H groups in total. The number of ether oxygens (including phenoxy) is 1. The van der Waals surface area contributed by atoms with Crippen molar-refractivity contribution in [3.05, 3.63) is 25.3 Å². The van der Waals surface area contributed by atoms with Crippen LogP contribution in [0.25, 0.3) is 0 Å². The Morgan fingerprint density at radius 2 is 2.15 bits per heavy atom. The topological polar surface area (TPSA) is 46.5 Å². The zero-order chi connectivity index (χ0) is 9.84. The van der Waals surface area contributed by atoms with E-state index < -0.39 is 5.97 Å². The molecule has 1 aromatic rings. The predicted molar refractivity (Wildman–Crippen MR) is 65.0 cm³/mol. The first-order valence-corrected chi connectivity index (χ1v) is 5.55. The van der Waals surface area contributed by atoms with E-state index in [9.17, 15) is 4.79 Å². The summed E-state index contributed by atoms with van der Waals surface area (Å²) in [6.07, 6.45) is 0. The number of halogens is 2. The van der Waals surface area contributed by atoms with Gasteiger partial charge in [0.2, 0.25) is 0 Å². The van der Waals surface area contributed by atoms with Crippen LogP contribution in [0.2, 0.25) is 0 Å². The van der Waals surface area contributed by atoms with Gasteiger partial charge in [-0.2, -0.15) is 0 Å². The van der Waals surface area contributed by atoms with Crippen LogP contribution in [0.1, 0.15) is 0 Å². The summed E-state index contributed by atoms with van der Waals surface area (Å²) in [6, 6.07) is 5.64. The normalized spacial score (nSPS) is 9.69. The SMILES string of the molecule is O=C(O)COc1cc(I)ccc1I. The smallest absolute Gasteiger partial charge is 0.341 e. The number of aliphatic carboxylic acids is 1. The molecule has 0 aliphatic heterocycles. The minimum Gasteiger partial charge on any atom is -0.481 e. The second kappa shape index (κ2) is 4.99. The average molecular weight is 404 g/mol. The van der Waals surface area contributed by atoms with Gasteiger partial charge in [0.05, 0.1) is 3.57 Å². The fourth-order valence-corrected chi connectivity index (χ4v) is 1.68. The van der Waals surface area contributed by atoms with E-state index in [1.807, 2.05) is 18.2 Å². The van der Waals surface area contributed by atoms with Gasteiger partial charge >= 0.3 is 5.97 Å². The molecule has 13 heavy (non-hydrogen) atoms. The lowest BCUT2D eigenvalue weighted by Gasteiger charge is -2.05. The Hall–Kier alpha value is -0.0500. The third kappa shape index (κ3) is 3.67. The molecule has 0 aromatic heterocycles. The molecule has 0 bridgehead atoms. The number of benzene rings is 1. The van der Waals surface area contributed by atoms with Crippen molar-refractivity contribution in [2.75, 3.05) is 6.61 Å². The highest BCUT2D eigenvalue weighted by Crippen LogP contribution is 2.22. The Bertz CT molecular complexity index is 325. The molecule has 5 heteroatoms. The van der Waals surface area contributed by atoms with Gasteiger partial charge in [0.1, 0.15) is 5.75 Å². The fourth-order valence-electron chi connectivity index (χ4n) is 0.727. The Kier molecular flexibility index (Phi) is 4.23. The largest absolute Gasteiger partial charge is 0.481 e. The van der Waals surface area contributed by atoms with Crippen LogP contribution >= 0.6 is 45.2 Å². The molecular formula is C8H6I2O3. The maximum atomic E-state index is 10.2. The molecule has 0 unspecified atom stereocenters. The molecule has 0 atom stereocenters. The van der Waals surface area contributed by atoms with Crippen LogP contribution in [-0.4, -0.2) is 17.7 Å². The highest BCUT2D eigenvalue weighted by Gasteiger charge is 2.03. The lowest BCUT2D eigenvalue weighted by Crippen LogP contribution is -2.10. The Balaban J connectivity index is 2.75. The summed E-state index contributed by atoms with van der Waals surface area (Å²) in [5, 5.41) is 8.41. The Labute approximate surface area is 103 Å². The van der Waals surface area contributed by atoms with E-state index in [2.05, 4.69) is 45.2 Å². The van der Waals surface area contributed by atoms with E-state index in [4.69, 9.17) is 9.84 Å². The minimum atomic E-state index is -0.963. The van der Waals surface area contributed by atoms with Crippen LogP contribution in [0, 0.1) is 7.14 Å². The van der Waals surface area contributed by atoms with E-state index in [1.54, 1.807) is 0 Å². The number of carboxylic acid groups (broad SMARTS) is 1. The summed E-state index contributed by atoms with van der Waals surface area (Å²) in [5.41, 5.74) is 0. The molecule has 1 rings (SSSR count). The van der Waals surface area contributed by atoms with Gasteiger partial charge in [0.15, 0.2) is 6.61 Å². The molecule has 0 radical (unpaired) electrons. The lowest BCUT2D eigenvalue weighted by molar-refractivity contribution is -0.139. The second-order valence-corrected chi connectivity index (χ2v) is 4.66. The standard InChI is InChI=1S/C8H6I2O3/c9-5-1-2-6(10)7(3-5)13-4-8(11)12/h1-3H,4H2,(H,11,12). The summed E-state index contributed by atoms with van der Waals surface area (Å²) in [6.45, 7) is -0.296. The summed E-state index contributed by atoms with van der Waals surface area (Å²) in [7, 11) is 0. The van der Waals surface area contributed by atoms with Crippen LogP contribution in [-0.2, 0) is 4.79 Å². The van der Waals surface area contributed by atoms with Gasteiger partial charge in [0.25, 0.3) is 0 Å². The number of hydrogen-bond donors (Lipinski definition) is 1. The van der Waals surface area contributed by atoms with Crippen molar-refractivity contribution >= 4 is 51.2 Å². The Morgan fingerprint density at radius 3 is 2.77 bits per heavy atom. The molecule has 0 aliphatic rings. The second-order valence-electron chi connectivity index (χ2n) is 2.26. The highest BCUT2D eigenvalue weighted by atomic mass is 127. The maximum absolute atomic E-state index is 10.2. The van der Waals surface area contributed by atoms with Gasteiger partial charge in [0, 0.05) is 3.57 Å². The van der Waals surface area contributed by atoms with Crippen molar-refractivity contribution in [2.24, 2.45) is 0 Å². The maximum Gasteiger partial charge on any atom is 0.341 e. The zero-order valence-corrected chi connectivity index (χ0v) is 10.8. The van der Waals surface area contributed by atoms with E-state index in [0.29, 0.717) is 5.75 Å². The first-order chi connectivity index (χ1) is 6.09. The van der Waals surface area contributed by atoms with Crippen LogP contribution in [0.4, 0.5) is 0 Å². The molecule has 0 saturated carbocycles. The summed E-state index contributed by atoms with van der Waals surface area (Å²) >= 11 is 4.25. The molecule has 1 aromatic carbocycles. The van der Waals surface area contributed by atoms with Crippen molar-refractivity contribution in [1.82, 2.24) is 0 Å². The van der Waals surface area contributed by atoms with Crippen molar-refractivity contribution in [1.29, 1.82) is 0 Å². The molecule has 3 nitrogen and oxygen atoms in total. The fraction of sp³-hybridized carbons (Fsp3) is 0.125. The van der Waals surface area contributed by atoms with E-state index in [-0.39, 0.29) is 6.61 Å². The quantitative estimate of drug-likeness (QED) is 0.788. The van der Waals surface area contributed by atoms with E-state index in [0.717, 1.165) is 7.14 Å². The number of carbonyl (C=O) groups is 1. The van der Waals surface area contributed by atoms with E-state index in [1.165, 1.54) is 0 Å². The minimum absolute atomic E-state index is 0.296. The Morgan fingerprint density at radius 1 is 1.46 bits per heavy atom. The number of carboxylic acids is 1. The van der Waals surface area contributed by atoms with Gasteiger partial charge in [-0.25, -0.2) is 4.79 Å². The third-order valence-electron chi connectivity index (χ3n) is 1.24. The van der Waals surface area contributed by atoms with Crippen molar-refractivity contribution < 1.29 is 14.6 Å². The molecular weight excluding hydrogens is 398 g/mol. The van der Waals surface area contributed by atoms with Crippen LogP contribution in [0.5, 0.6) is 5.75 Å². The van der Waals surface area contributed by atoms with Gasteiger partial charge in [-0.1, -0.05) is 0 Å². The van der Waals surface area contributed by atoms with Crippen LogP contribution < -0.4 is 4.74 Å². The van der Waals surface area contributed by atoms with Gasteiger partial charge in [-0.3, -0.25) is 0 Å². The summed E-state index contributed by atoms with van der Waals surface area (Å²) in [5.74, 6) is -0.343. The van der Waals surface area contributed by atoms with Gasteiger partial charge in [-0.05, 0) is 63.4 Å². The van der Waals surface area contributed by atoms with Crippen molar-refractivity contribution in [3.63, 3.8) is 0 Å². The predicted octanol–water partition coefficient (Wildman–Crippen LogP) is 2.36. The first-order valence-electron chi connectivity index (χ1n) is 3.39. The highest BCUT2D eigenvalue weighted by molar-refractivity contribution is 14.1. The zero-order valence-electron chi connectivity index (χ0n) is 6.46. The number of hydrogen-bond acceptors (Lipinski definition) is 2. The van der Waals surface area contributed by atoms with Gasteiger partial charge < -0.3 is 9.84 Å². The summed E-state index contributed by atoms with van der Waals surface area (Å²) in [4.78, 5) is 10.2. The average Bonchev–Trinajstić information content (AvgIpc) is 2.06. The molecule has 0 heterocycles. The number of rotatable bonds is 3.